The quantitative estimate of drug-likeness (QED) is 0.348. The van der Waals surface area contributed by atoms with Gasteiger partial charge in [0.2, 0.25) is 0 Å². The lowest BCUT2D eigenvalue weighted by atomic mass is 10.2. The van der Waals surface area contributed by atoms with Gasteiger partial charge in [0.15, 0.2) is 5.84 Å². The third-order valence-corrected chi connectivity index (χ3v) is 1.99. The predicted octanol–water partition coefficient (Wildman–Crippen LogP) is 0.730. The van der Waals surface area contributed by atoms with E-state index in [9.17, 15) is 14.9 Å². The van der Waals surface area contributed by atoms with Crippen LogP contribution >= 0.6 is 0 Å². The van der Waals surface area contributed by atoms with Gasteiger partial charge < -0.3 is 10.4 Å². The summed E-state index contributed by atoms with van der Waals surface area (Å²) in [6.45, 7) is -1.15. The molecule has 2 N–H and O–H groups in total. The topological polar surface area (TPSA) is 129 Å². The van der Waals surface area contributed by atoms with E-state index >= 15 is 0 Å². The molecule has 0 saturated carbocycles. The van der Waals surface area contributed by atoms with E-state index in [1.165, 1.54) is 12.1 Å². The molecule has 98 valence electrons. The molecule has 0 atom stereocenters. The van der Waals surface area contributed by atoms with Gasteiger partial charge in [-0.1, -0.05) is 0 Å². The summed E-state index contributed by atoms with van der Waals surface area (Å²) in [7, 11) is 0. The molecule has 0 spiro atoms. The highest BCUT2D eigenvalue weighted by molar-refractivity contribution is 5.97. The highest BCUT2D eigenvalue weighted by Crippen LogP contribution is 2.08. The smallest absolute Gasteiger partial charge is 0.325 e. The van der Waals surface area contributed by atoms with Crippen molar-refractivity contribution < 1.29 is 14.8 Å². The lowest BCUT2D eigenvalue weighted by molar-refractivity contribution is -0.463. The van der Waals surface area contributed by atoms with Crippen molar-refractivity contribution in [2.24, 2.45) is 4.99 Å². The van der Waals surface area contributed by atoms with Crippen molar-refractivity contribution in [3.63, 3.8) is 0 Å². The number of aliphatic carboxylic acids is 1. The lowest BCUT2D eigenvalue weighted by Gasteiger charge is -2.06. The molecule has 0 aliphatic rings. The minimum atomic E-state index is -1.18. The first-order valence-electron chi connectivity index (χ1n) is 5.15. The van der Waals surface area contributed by atoms with Crippen LogP contribution in [-0.4, -0.2) is 34.9 Å². The third-order valence-electron chi connectivity index (χ3n) is 1.99. The highest BCUT2D eigenvalue weighted by atomic mass is 16.6. The Morgan fingerprint density at radius 3 is 2.58 bits per heavy atom. The molecule has 1 aromatic carbocycles. The number of nitrogens with zero attached hydrogens (tertiary/aromatic N) is 3. The lowest BCUT2D eigenvalue weighted by Crippen LogP contribution is -2.23. The van der Waals surface area contributed by atoms with Crippen molar-refractivity contribution in [2.75, 3.05) is 18.4 Å². The van der Waals surface area contributed by atoms with Crippen LogP contribution in [0.25, 0.3) is 0 Å². The largest absolute Gasteiger partial charge is 0.480 e. The van der Waals surface area contributed by atoms with Gasteiger partial charge in [0.05, 0.1) is 11.6 Å². The third kappa shape index (κ3) is 5.27. The number of benzene rings is 1. The molecular formula is C11H10N4O4. The van der Waals surface area contributed by atoms with Crippen LogP contribution in [0.1, 0.15) is 5.56 Å². The maximum atomic E-state index is 10.4. The predicted molar refractivity (Wildman–Crippen MR) is 66.6 cm³/mol. The Labute approximate surface area is 108 Å². The molecule has 0 aliphatic carbocycles. The van der Waals surface area contributed by atoms with Crippen LogP contribution in [0.3, 0.4) is 0 Å². The second-order valence-corrected chi connectivity index (χ2v) is 3.46. The number of carboxylic acids is 1. The van der Waals surface area contributed by atoms with Crippen LogP contribution < -0.4 is 5.32 Å². The molecular weight excluding hydrogens is 252 g/mol. The monoisotopic (exact) mass is 262 g/mol. The van der Waals surface area contributed by atoms with Gasteiger partial charge in [-0.15, -0.1) is 0 Å². The number of nitriles is 1. The van der Waals surface area contributed by atoms with Gasteiger partial charge in [0.1, 0.15) is 6.54 Å². The first-order chi connectivity index (χ1) is 9.01. The zero-order valence-corrected chi connectivity index (χ0v) is 9.74. The number of hydrogen-bond acceptors (Lipinski definition) is 5. The van der Waals surface area contributed by atoms with Crippen LogP contribution in [0.15, 0.2) is 29.3 Å². The number of nitrogens with one attached hydrogen (secondary N) is 1. The van der Waals surface area contributed by atoms with Gasteiger partial charge in [-0.3, -0.25) is 19.9 Å². The Kier molecular flexibility index (Phi) is 4.98. The minimum Gasteiger partial charge on any atom is -0.480 e. The Morgan fingerprint density at radius 2 is 2.11 bits per heavy atom. The Bertz CT molecular complexity index is 545. The summed E-state index contributed by atoms with van der Waals surface area (Å²) in [5.41, 5.74) is 0.939. The molecule has 0 aliphatic heterocycles. The Balaban J connectivity index is 2.81. The van der Waals surface area contributed by atoms with E-state index < -0.39 is 24.0 Å². The first-order valence-corrected chi connectivity index (χ1v) is 5.15. The Hall–Kier alpha value is -2.95. The van der Waals surface area contributed by atoms with Crippen LogP contribution in [-0.2, 0) is 4.79 Å². The molecule has 0 radical (unpaired) electrons. The van der Waals surface area contributed by atoms with E-state index in [1.54, 1.807) is 12.1 Å². The fourth-order valence-corrected chi connectivity index (χ4v) is 1.21. The van der Waals surface area contributed by atoms with E-state index in [1.807, 2.05) is 6.07 Å². The summed E-state index contributed by atoms with van der Waals surface area (Å²) < 4.78 is 0. The van der Waals surface area contributed by atoms with Crippen molar-refractivity contribution in [3.05, 3.63) is 39.9 Å². The van der Waals surface area contributed by atoms with Crippen molar-refractivity contribution in [1.82, 2.24) is 0 Å². The maximum Gasteiger partial charge on any atom is 0.325 e. The van der Waals surface area contributed by atoms with E-state index in [0.29, 0.717) is 11.3 Å². The van der Waals surface area contributed by atoms with Crippen LogP contribution in [0, 0.1) is 21.4 Å². The molecule has 0 fully saturated rings. The maximum absolute atomic E-state index is 10.4. The molecule has 0 bridgehead atoms. The van der Waals surface area contributed by atoms with Gasteiger partial charge in [0, 0.05) is 10.6 Å². The van der Waals surface area contributed by atoms with Gasteiger partial charge in [-0.25, -0.2) is 0 Å². The summed E-state index contributed by atoms with van der Waals surface area (Å²) in [5.74, 6) is -1.24. The zero-order chi connectivity index (χ0) is 14.3. The van der Waals surface area contributed by atoms with Crippen molar-refractivity contribution in [1.29, 1.82) is 5.26 Å². The minimum absolute atomic E-state index is 0.0582. The fraction of sp³-hybridized carbons (Fsp3) is 0.182. The normalized spacial score (nSPS) is 10.6. The van der Waals surface area contributed by atoms with E-state index in [4.69, 9.17) is 10.4 Å². The summed E-state index contributed by atoms with van der Waals surface area (Å²) in [6, 6.07) is 8.10. The molecule has 0 saturated heterocycles. The molecule has 1 aromatic rings. The number of hydrogen-bond donors (Lipinski definition) is 2. The van der Waals surface area contributed by atoms with Crippen LogP contribution in [0.4, 0.5) is 5.69 Å². The number of aliphatic imine (C=N–C) groups is 1. The van der Waals surface area contributed by atoms with E-state index in [-0.39, 0.29) is 5.84 Å². The second kappa shape index (κ2) is 6.70. The zero-order valence-electron chi connectivity index (χ0n) is 9.74. The molecule has 0 unspecified atom stereocenters. The highest BCUT2D eigenvalue weighted by Gasteiger charge is 2.09. The number of rotatable bonds is 5. The standard InChI is InChI=1S/C11H10N4O4/c12-5-8-1-3-9(4-2-8)14-10(7-15(18)19)13-6-11(16)17/h1-4H,6-7H2,(H,13,14)(H,16,17). The van der Waals surface area contributed by atoms with Crippen LogP contribution in [0.5, 0.6) is 0 Å². The Morgan fingerprint density at radius 1 is 1.47 bits per heavy atom. The average Bonchev–Trinajstić information content (AvgIpc) is 2.36. The average molecular weight is 262 g/mol. The molecule has 0 heterocycles. The van der Waals surface area contributed by atoms with Gasteiger partial charge >= 0.3 is 5.97 Å². The second-order valence-electron chi connectivity index (χ2n) is 3.46. The number of nitro groups is 1. The summed E-state index contributed by atoms with van der Waals surface area (Å²) >= 11 is 0. The van der Waals surface area contributed by atoms with Crippen molar-refractivity contribution in [3.8, 4) is 6.07 Å². The SMILES string of the molecule is N#Cc1ccc(NC(C[N+](=O)[O-])=NCC(=O)O)cc1. The molecule has 1 rings (SSSR count). The summed E-state index contributed by atoms with van der Waals surface area (Å²) in [6.07, 6.45) is 0. The van der Waals surface area contributed by atoms with Crippen molar-refractivity contribution in [2.45, 2.75) is 0 Å². The summed E-state index contributed by atoms with van der Waals surface area (Å²) in [4.78, 5) is 23.8. The van der Waals surface area contributed by atoms with Gasteiger partial charge in [-0.2, -0.15) is 5.26 Å². The molecule has 8 heteroatoms. The molecule has 0 aromatic heterocycles. The molecule has 0 amide bonds. The van der Waals surface area contributed by atoms with E-state index in [0.717, 1.165) is 0 Å². The van der Waals surface area contributed by atoms with Crippen LogP contribution in [0.2, 0.25) is 0 Å². The van der Waals surface area contributed by atoms with E-state index in [2.05, 4.69) is 10.3 Å². The number of carbonyl (C=O) groups is 1. The summed E-state index contributed by atoms with van der Waals surface area (Å²) in [5, 5.41) is 30.2. The fourth-order valence-electron chi connectivity index (χ4n) is 1.21. The number of anilines is 1. The number of amidine groups is 1. The van der Waals surface area contributed by atoms with Gasteiger partial charge in [-0.05, 0) is 24.3 Å². The van der Waals surface area contributed by atoms with Crippen molar-refractivity contribution >= 4 is 17.5 Å². The number of carboxylic acid groups (broad SMARTS) is 1. The molecule has 8 nitrogen and oxygen atoms in total. The molecule has 19 heavy (non-hydrogen) atoms. The van der Waals surface area contributed by atoms with Gasteiger partial charge in [0.25, 0.3) is 6.54 Å². The first kappa shape index (κ1) is 14.1.